The SMILES string of the molecule is C=CCN(Cc1cccs1)C(=O)CN(C)CCCN. The topological polar surface area (TPSA) is 49.6 Å². The number of rotatable bonds is 9. The highest BCUT2D eigenvalue weighted by Crippen LogP contribution is 2.12. The summed E-state index contributed by atoms with van der Waals surface area (Å²) in [7, 11) is 1.95. The number of hydrogen-bond acceptors (Lipinski definition) is 4. The molecule has 0 aromatic carbocycles. The quantitative estimate of drug-likeness (QED) is 0.699. The molecular weight excluding hydrogens is 258 g/mol. The number of nitrogens with two attached hydrogens (primary N) is 1. The Kier molecular flexibility index (Phi) is 7.40. The predicted molar refractivity (Wildman–Crippen MR) is 81.1 cm³/mol. The van der Waals surface area contributed by atoms with Crippen LogP contribution in [0, 0.1) is 0 Å². The van der Waals surface area contributed by atoms with Crippen LogP contribution >= 0.6 is 11.3 Å². The fraction of sp³-hybridized carbons (Fsp3) is 0.500. The molecule has 1 aromatic heterocycles. The maximum absolute atomic E-state index is 12.2. The Morgan fingerprint density at radius 3 is 2.95 bits per heavy atom. The van der Waals surface area contributed by atoms with Gasteiger partial charge in [0.15, 0.2) is 0 Å². The summed E-state index contributed by atoms with van der Waals surface area (Å²) in [5, 5.41) is 2.03. The summed E-state index contributed by atoms with van der Waals surface area (Å²) in [6.07, 6.45) is 2.68. The fourth-order valence-corrected chi connectivity index (χ4v) is 2.49. The standard InChI is InChI=1S/C14H23N3OS/c1-3-8-17(11-13-6-4-10-19-13)14(18)12-16(2)9-5-7-15/h3-4,6,10H,1,5,7-9,11-12,15H2,2H3. The van der Waals surface area contributed by atoms with Gasteiger partial charge in [0.2, 0.25) is 5.91 Å². The van der Waals surface area contributed by atoms with Crippen LogP contribution in [0.4, 0.5) is 0 Å². The number of hydrogen-bond donors (Lipinski definition) is 1. The first-order valence-electron chi connectivity index (χ1n) is 6.47. The molecule has 0 unspecified atom stereocenters. The minimum atomic E-state index is 0.132. The molecule has 0 radical (unpaired) electrons. The molecule has 0 bridgehead atoms. The Morgan fingerprint density at radius 1 is 1.58 bits per heavy atom. The van der Waals surface area contributed by atoms with Gasteiger partial charge in [-0.3, -0.25) is 9.69 Å². The van der Waals surface area contributed by atoms with E-state index in [9.17, 15) is 4.79 Å². The highest BCUT2D eigenvalue weighted by atomic mass is 32.1. The van der Waals surface area contributed by atoms with Crippen LogP contribution in [0.5, 0.6) is 0 Å². The van der Waals surface area contributed by atoms with Crippen LogP contribution in [0.15, 0.2) is 30.2 Å². The summed E-state index contributed by atoms with van der Waals surface area (Å²) in [5.74, 6) is 0.132. The molecule has 0 atom stereocenters. The molecular formula is C14H23N3OS. The van der Waals surface area contributed by atoms with Crippen molar-refractivity contribution in [1.29, 1.82) is 0 Å². The van der Waals surface area contributed by atoms with Gasteiger partial charge in [-0.25, -0.2) is 0 Å². The molecule has 19 heavy (non-hydrogen) atoms. The Morgan fingerprint density at radius 2 is 2.37 bits per heavy atom. The molecule has 0 aliphatic heterocycles. The average molecular weight is 281 g/mol. The highest BCUT2D eigenvalue weighted by Gasteiger charge is 2.15. The average Bonchev–Trinajstić information content (AvgIpc) is 2.88. The Balaban J connectivity index is 2.50. The second-order valence-electron chi connectivity index (χ2n) is 4.52. The summed E-state index contributed by atoms with van der Waals surface area (Å²) in [6.45, 7) is 6.90. The number of carbonyl (C=O) groups is 1. The van der Waals surface area contributed by atoms with E-state index < -0.39 is 0 Å². The molecule has 1 amide bonds. The second-order valence-corrected chi connectivity index (χ2v) is 5.55. The molecule has 106 valence electrons. The van der Waals surface area contributed by atoms with E-state index in [0.29, 0.717) is 26.2 Å². The third-order valence-corrected chi connectivity index (χ3v) is 3.64. The van der Waals surface area contributed by atoms with Crippen molar-refractivity contribution in [3.63, 3.8) is 0 Å². The van der Waals surface area contributed by atoms with Gasteiger partial charge >= 0.3 is 0 Å². The van der Waals surface area contributed by atoms with E-state index in [1.54, 1.807) is 17.4 Å². The molecule has 1 heterocycles. The van der Waals surface area contributed by atoms with Crippen LogP contribution in [0.1, 0.15) is 11.3 Å². The lowest BCUT2D eigenvalue weighted by Crippen LogP contribution is -2.39. The van der Waals surface area contributed by atoms with Crippen LogP contribution in [-0.2, 0) is 11.3 Å². The van der Waals surface area contributed by atoms with Gasteiger partial charge in [-0.05, 0) is 38.0 Å². The zero-order chi connectivity index (χ0) is 14.1. The first kappa shape index (κ1) is 15.9. The number of likely N-dealkylation sites (N-methyl/N-ethyl adjacent to an activating group) is 1. The van der Waals surface area contributed by atoms with Crippen LogP contribution in [0.2, 0.25) is 0 Å². The monoisotopic (exact) mass is 281 g/mol. The summed E-state index contributed by atoms with van der Waals surface area (Å²) in [5.41, 5.74) is 5.47. The minimum Gasteiger partial charge on any atom is -0.333 e. The maximum Gasteiger partial charge on any atom is 0.237 e. The largest absolute Gasteiger partial charge is 0.333 e. The summed E-state index contributed by atoms with van der Waals surface area (Å²) in [4.78, 5) is 17.3. The molecule has 4 nitrogen and oxygen atoms in total. The van der Waals surface area contributed by atoms with Crippen molar-refractivity contribution in [2.45, 2.75) is 13.0 Å². The van der Waals surface area contributed by atoms with E-state index >= 15 is 0 Å². The van der Waals surface area contributed by atoms with E-state index in [4.69, 9.17) is 5.73 Å². The van der Waals surface area contributed by atoms with E-state index in [2.05, 4.69) is 6.58 Å². The minimum absolute atomic E-state index is 0.132. The van der Waals surface area contributed by atoms with Gasteiger partial charge in [0, 0.05) is 11.4 Å². The zero-order valence-corrected chi connectivity index (χ0v) is 12.4. The van der Waals surface area contributed by atoms with Gasteiger partial charge in [-0.2, -0.15) is 0 Å². The Bertz CT molecular complexity index is 378. The van der Waals surface area contributed by atoms with Crippen LogP contribution in [-0.4, -0.2) is 48.9 Å². The van der Waals surface area contributed by atoms with Gasteiger partial charge in [0.25, 0.3) is 0 Å². The van der Waals surface area contributed by atoms with Gasteiger partial charge in [-0.1, -0.05) is 12.1 Å². The summed E-state index contributed by atoms with van der Waals surface area (Å²) >= 11 is 1.67. The second kappa shape index (κ2) is 8.85. The van der Waals surface area contributed by atoms with Crippen molar-refractivity contribution in [3.8, 4) is 0 Å². The van der Waals surface area contributed by atoms with Crippen molar-refractivity contribution in [2.24, 2.45) is 5.73 Å². The maximum atomic E-state index is 12.2. The molecule has 0 spiro atoms. The fourth-order valence-electron chi connectivity index (χ4n) is 1.77. The zero-order valence-electron chi connectivity index (χ0n) is 11.5. The molecule has 1 aromatic rings. The van der Waals surface area contributed by atoms with Crippen molar-refractivity contribution >= 4 is 17.2 Å². The van der Waals surface area contributed by atoms with Crippen molar-refractivity contribution in [1.82, 2.24) is 9.80 Å². The van der Waals surface area contributed by atoms with Crippen LogP contribution < -0.4 is 5.73 Å². The first-order chi connectivity index (χ1) is 9.17. The van der Waals surface area contributed by atoms with E-state index in [1.165, 1.54) is 4.88 Å². The number of amides is 1. The molecule has 0 saturated heterocycles. The molecule has 0 fully saturated rings. The van der Waals surface area contributed by atoms with Gasteiger partial charge in [0.05, 0.1) is 13.1 Å². The molecule has 0 aliphatic carbocycles. The molecule has 2 N–H and O–H groups in total. The van der Waals surface area contributed by atoms with E-state index in [1.807, 2.05) is 34.4 Å². The lowest BCUT2D eigenvalue weighted by atomic mass is 10.3. The predicted octanol–water partition coefficient (Wildman–Crippen LogP) is 1.54. The van der Waals surface area contributed by atoms with Gasteiger partial charge < -0.3 is 10.6 Å². The van der Waals surface area contributed by atoms with Crippen molar-refractivity contribution in [2.75, 3.05) is 33.2 Å². The lowest BCUT2D eigenvalue weighted by molar-refractivity contribution is -0.132. The number of carbonyl (C=O) groups excluding carboxylic acids is 1. The summed E-state index contributed by atoms with van der Waals surface area (Å²) < 4.78 is 0. The van der Waals surface area contributed by atoms with E-state index in [0.717, 1.165) is 13.0 Å². The normalized spacial score (nSPS) is 10.7. The number of thiophene rings is 1. The Hall–Kier alpha value is -1.17. The first-order valence-corrected chi connectivity index (χ1v) is 7.35. The smallest absolute Gasteiger partial charge is 0.237 e. The molecule has 0 saturated carbocycles. The van der Waals surface area contributed by atoms with Gasteiger partial charge in [0.1, 0.15) is 0 Å². The molecule has 1 rings (SSSR count). The third kappa shape index (κ3) is 6.00. The van der Waals surface area contributed by atoms with Crippen molar-refractivity contribution < 1.29 is 4.79 Å². The van der Waals surface area contributed by atoms with Crippen molar-refractivity contribution in [3.05, 3.63) is 35.0 Å². The Labute approximate surface area is 119 Å². The summed E-state index contributed by atoms with van der Waals surface area (Å²) in [6, 6.07) is 4.05. The molecule has 0 aliphatic rings. The van der Waals surface area contributed by atoms with Gasteiger partial charge in [-0.15, -0.1) is 17.9 Å². The third-order valence-electron chi connectivity index (χ3n) is 2.78. The lowest BCUT2D eigenvalue weighted by Gasteiger charge is -2.24. The van der Waals surface area contributed by atoms with Crippen LogP contribution in [0.25, 0.3) is 0 Å². The highest BCUT2D eigenvalue weighted by molar-refractivity contribution is 7.09. The van der Waals surface area contributed by atoms with Crippen LogP contribution in [0.3, 0.4) is 0 Å². The number of nitrogens with zero attached hydrogens (tertiary/aromatic N) is 2. The molecule has 5 heteroatoms. The van der Waals surface area contributed by atoms with E-state index in [-0.39, 0.29) is 5.91 Å².